The smallest absolute Gasteiger partial charge is 0.246 e. The Hall–Kier alpha value is -1.47. The van der Waals surface area contributed by atoms with Crippen molar-refractivity contribution < 1.29 is 17.6 Å². The average Bonchev–Trinajstić information content (AvgIpc) is 2.60. The molecule has 0 radical (unpaired) electrons. The summed E-state index contributed by atoms with van der Waals surface area (Å²) >= 11 is 0. The van der Waals surface area contributed by atoms with Gasteiger partial charge in [0.15, 0.2) is 0 Å². The van der Waals surface area contributed by atoms with Gasteiger partial charge in [-0.3, -0.25) is 4.79 Å². The first-order valence-electron chi connectivity index (χ1n) is 6.94. The minimum Gasteiger partial charge on any atom is -0.355 e. The maximum atomic E-state index is 14.0. The number of nitrogens with zero attached hydrogens (tertiary/aromatic N) is 1. The second-order valence-corrected chi connectivity index (χ2v) is 6.90. The van der Waals surface area contributed by atoms with E-state index in [2.05, 4.69) is 5.32 Å². The molecule has 1 amide bonds. The van der Waals surface area contributed by atoms with Crippen LogP contribution in [0.3, 0.4) is 0 Å². The van der Waals surface area contributed by atoms with E-state index in [1.165, 1.54) is 6.07 Å². The fourth-order valence-electron chi connectivity index (χ4n) is 2.59. The number of halogens is 1. The van der Waals surface area contributed by atoms with Crippen LogP contribution in [0.15, 0.2) is 23.1 Å². The number of nitrogens with one attached hydrogen (secondary N) is 1. The molecule has 0 spiro atoms. The predicted molar refractivity (Wildman–Crippen MR) is 76.7 cm³/mol. The summed E-state index contributed by atoms with van der Waals surface area (Å²) in [5.74, 6) is -1.11. The Morgan fingerprint density at radius 2 is 2.14 bits per heavy atom. The van der Waals surface area contributed by atoms with Crippen molar-refractivity contribution in [1.29, 1.82) is 0 Å². The molecule has 5 nitrogen and oxygen atoms in total. The van der Waals surface area contributed by atoms with Crippen LogP contribution in [0, 0.1) is 12.7 Å². The molecule has 0 aliphatic carbocycles. The Morgan fingerprint density at radius 1 is 1.43 bits per heavy atom. The molecule has 1 aliphatic rings. The van der Waals surface area contributed by atoms with Gasteiger partial charge in [-0.15, -0.1) is 0 Å². The molecule has 0 bridgehead atoms. The van der Waals surface area contributed by atoms with Crippen LogP contribution in [0.1, 0.15) is 25.3 Å². The number of rotatable bonds is 3. The van der Waals surface area contributed by atoms with Gasteiger partial charge in [-0.25, -0.2) is 12.8 Å². The van der Waals surface area contributed by atoms with Gasteiger partial charge < -0.3 is 5.32 Å². The Kier molecular flexibility index (Phi) is 4.63. The Morgan fingerprint density at radius 3 is 2.76 bits per heavy atom. The molecule has 2 rings (SSSR count). The SMILES string of the molecule is CC[C@H]1C(=O)NCCCN1S(=O)(=O)c1c(C)cccc1F. The molecule has 1 aromatic rings. The van der Waals surface area contributed by atoms with E-state index >= 15 is 0 Å². The fraction of sp³-hybridized carbons (Fsp3) is 0.500. The van der Waals surface area contributed by atoms with Gasteiger partial charge in [0.05, 0.1) is 0 Å². The van der Waals surface area contributed by atoms with Gasteiger partial charge in [0.2, 0.25) is 15.9 Å². The number of aryl methyl sites for hydroxylation is 1. The van der Waals surface area contributed by atoms with Crippen molar-refractivity contribution in [1.82, 2.24) is 9.62 Å². The van der Waals surface area contributed by atoms with Crippen molar-refractivity contribution in [3.05, 3.63) is 29.6 Å². The molecule has 0 saturated carbocycles. The lowest BCUT2D eigenvalue weighted by molar-refractivity contribution is -0.124. The molecule has 1 heterocycles. The van der Waals surface area contributed by atoms with E-state index in [1.807, 2.05) is 0 Å². The van der Waals surface area contributed by atoms with Crippen molar-refractivity contribution in [2.45, 2.75) is 37.6 Å². The Labute approximate surface area is 124 Å². The maximum absolute atomic E-state index is 14.0. The standard InChI is InChI=1S/C14H19FN2O3S/c1-3-12-14(18)16-8-5-9-17(12)21(19,20)13-10(2)6-4-7-11(13)15/h4,6-7,12H,3,5,8-9H2,1-2H3,(H,16,18)/t12-/m0/s1. The summed E-state index contributed by atoms with van der Waals surface area (Å²) in [4.78, 5) is 11.7. The van der Waals surface area contributed by atoms with E-state index in [0.717, 1.165) is 10.4 Å². The molecule has 1 saturated heterocycles. The summed E-state index contributed by atoms with van der Waals surface area (Å²) in [5.41, 5.74) is 0.342. The third kappa shape index (κ3) is 2.94. The van der Waals surface area contributed by atoms with Gasteiger partial charge >= 0.3 is 0 Å². The number of hydrogen-bond acceptors (Lipinski definition) is 3. The molecule has 1 fully saturated rings. The van der Waals surface area contributed by atoms with Crippen LogP contribution < -0.4 is 5.32 Å². The van der Waals surface area contributed by atoms with Crippen molar-refractivity contribution in [2.24, 2.45) is 0 Å². The lowest BCUT2D eigenvalue weighted by Crippen LogP contribution is -2.47. The van der Waals surface area contributed by atoms with E-state index in [9.17, 15) is 17.6 Å². The van der Waals surface area contributed by atoms with Crippen LogP contribution in [-0.4, -0.2) is 37.8 Å². The van der Waals surface area contributed by atoms with Gasteiger partial charge in [-0.2, -0.15) is 4.31 Å². The van der Waals surface area contributed by atoms with Gasteiger partial charge in [0.1, 0.15) is 16.8 Å². The van der Waals surface area contributed by atoms with E-state index in [1.54, 1.807) is 19.9 Å². The minimum atomic E-state index is -4.04. The van der Waals surface area contributed by atoms with E-state index < -0.39 is 21.9 Å². The van der Waals surface area contributed by atoms with Gasteiger partial charge in [-0.1, -0.05) is 19.1 Å². The first-order valence-corrected chi connectivity index (χ1v) is 8.38. The highest BCUT2D eigenvalue weighted by atomic mass is 32.2. The van der Waals surface area contributed by atoms with Crippen molar-refractivity contribution in [3.63, 3.8) is 0 Å². The predicted octanol–water partition coefficient (Wildman–Crippen LogP) is 1.42. The number of carbonyl (C=O) groups excluding carboxylic acids is 1. The average molecular weight is 314 g/mol. The van der Waals surface area contributed by atoms with Gasteiger partial charge in [0, 0.05) is 13.1 Å². The first kappa shape index (κ1) is 15.9. The molecular weight excluding hydrogens is 295 g/mol. The number of hydrogen-bond donors (Lipinski definition) is 1. The third-order valence-electron chi connectivity index (χ3n) is 3.62. The second-order valence-electron chi connectivity index (χ2n) is 5.07. The van der Waals surface area contributed by atoms with Crippen LogP contribution in [0.2, 0.25) is 0 Å². The lowest BCUT2D eigenvalue weighted by atomic mass is 10.2. The molecule has 1 aliphatic heterocycles. The van der Waals surface area contributed by atoms with Crippen LogP contribution in [0.25, 0.3) is 0 Å². The number of benzene rings is 1. The summed E-state index contributed by atoms with van der Waals surface area (Å²) in [7, 11) is -4.04. The minimum absolute atomic E-state index is 0.202. The second kappa shape index (κ2) is 6.11. The largest absolute Gasteiger partial charge is 0.355 e. The van der Waals surface area contributed by atoms with Crippen molar-refractivity contribution >= 4 is 15.9 Å². The molecule has 1 aromatic carbocycles. The van der Waals surface area contributed by atoms with Crippen molar-refractivity contribution in [2.75, 3.05) is 13.1 Å². The number of amides is 1. The highest BCUT2D eigenvalue weighted by Crippen LogP contribution is 2.26. The summed E-state index contributed by atoms with van der Waals surface area (Å²) in [6, 6.07) is 3.35. The summed E-state index contributed by atoms with van der Waals surface area (Å²) < 4.78 is 40.8. The van der Waals surface area contributed by atoms with E-state index in [0.29, 0.717) is 24.9 Å². The monoisotopic (exact) mass is 314 g/mol. The van der Waals surface area contributed by atoms with Gasteiger partial charge in [-0.05, 0) is 31.4 Å². The molecular formula is C14H19FN2O3S. The topological polar surface area (TPSA) is 66.5 Å². The molecule has 1 N–H and O–H groups in total. The first-order chi connectivity index (χ1) is 9.89. The highest BCUT2D eigenvalue weighted by Gasteiger charge is 2.37. The zero-order chi connectivity index (χ0) is 15.6. The molecule has 116 valence electrons. The van der Waals surface area contributed by atoms with Gasteiger partial charge in [0.25, 0.3) is 0 Å². The van der Waals surface area contributed by atoms with Crippen LogP contribution in [-0.2, 0) is 14.8 Å². The summed E-state index contributed by atoms with van der Waals surface area (Å²) in [5, 5.41) is 2.69. The van der Waals surface area contributed by atoms with Crippen LogP contribution >= 0.6 is 0 Å². The van der Waals surface area contributed by atoms with Crippen LogP contribution in [0.5, 0.6) is 0 Å². The molecule has 7 heteroatoms. The zero-order valence-electron chi connectivity index (χ0n) is 12.1. The van der Waals surface area contributed by atoms with E-state index in [4.69, 9.17) is 0 Å². The fourth-order valence-corrected chi connectivity index (χ4v) is 4.56. The quantitative estimate of drug-likeness (QED) is 0.917. The summed E-state index contributed by atoms with van der Waals surface area (Å²) in [6.45, 7) is 3.92. The molecule has 1 atom stereocenters. The normalized spacial score (nSPS) is 20.9. The maximum Gasteiger partial charge on any atom is 0.246 e. The lowest BCUT2D eigenvalue weighted by Gasteiger charge is -2.27. The highest BCUT2D eigenvalue weighted by molar-refractivity contribution is 7.89. The molecule has 21 heavy (non-hydrogen) atoms. The number of sulfonamides is 1. The van der Waals surface area contributed by atoms with Crippen LogP contribution in [0.4, 0.5) is 4.39 Å². The Bertz CT molecular complexity index is 625. The Balaban J connectivity index is 2.53. The van der Waals surface area contributed by atoms with Crippen molar-refractivity contribution in [3.8, 4) is 0 Å². The van der Waals surface area contributed by atoms with E-state index in [-0.39, 0.29) is 17.3 Å². The molecule has 0 aromatic heterocycles. The number of carbonyl (C=O) groups is 1. The summed E-state index contributed by atoms with van der Waals surface area (Å²) in [6.07, 6.45) is 0.855. The zero-order valence-corrected chi connectivity index (χ0v) is 12.9. The third-order valence-corrected chi connectivity index (χ3v) is 5.71. The molecule has 0 unspecified atom stereocenters.